The number of pyridine rings is 1. The van der Waals surface area contributed by atoms with Crippen LogP contribution >= 0.6 is 24.8 Å². The molecule has 6 nitrogen and oxygen atoms in total. The van der Waals surface area contributed by atoms with Crippen molar-refractivity contribution in [1.29, 1.82) is 0 Å². The second kappa shape index (κ2) is 13.2. The average Bonchev–Trinajstić information content (AvgIpc) is 2.74. The average molecular weight is 453 g/mol. The molecule has 0 saturated carbocycles. The molecule has 2 unspecified atom stereocenters. The van der Waals surface area contributed by atoms with Crippen LogP contribution in [0.4, 0.5) is 0 Å². The van der Waals surface area contributed by atoms with Crippen molar-refractivity contribution in [2.24, 2.45) is 5.92 Å². The first-order valence-electron chi connectivity index (χ1n) is 9.85. The lowest BCUT2D eigenvalue weighted by molar-refractivity contribution is -0.135. The van der Waals surface area contributed by atoms with Crippen molar-refractivity contribution in [2.45, 2.75) is 25.3 Å². The highest BCUT2D eigenvalue weighted by Gasteiger charge is 2.30. The Labute approximate surface area is 190 Å². The van der Waals surface area contributed by atoms with Gasteiger partial charge in [-0.1, -0.05) is 30.3 Å². The molecule has 1 aromatic carbocycles. The van der Waals surface area contributed by atoms with Gasteiger partial charge in [0.05, 0.1) is 5.56 Å². The number of carbonyl (C=O) groups excluding carboxylic acids is 2. The van der Waals surface area contributed by atoms with Gasteiger partial charge in [0.15, 0.2) is 0 Å². The Balaban J connectivity index is 0.00000225. The molecule has 0 spiro atoms. The van der Waals surface area contributed by atoms with Gasteiger partial charge in [-0.25, -0.2) is 0 Å². The van der Waals surface area contributed by atoms with Gasteiger partial charge in [-0.3, -0.25) is 14.6 Å². The molecule has 0 bridgehead atoms. The van der Waals surface area contributed by atoms with Crippen LogP contribution in [0, 0.1) is 5.92 Å². The number of halogens is 2. The van der Waals surface area contributed by atoms with Crippen molar-refractivity contribution in [1.82, 2.24) is 20.5 Å². The number of carbonyl (C=O) groups is 2. The van der Waals surface area contributed by atoms with Crippen LogP contribution in [0.2, 0.25) is 0 Å². The minimum atomic E-state index is -0.594. The molecule has 2 amide bonds. The van der Waals surface area contributed by atoms with Gasteiger partial charge in [0.25, 0.3) is 5.91 Å². The molecular formula is C22H30Cl2N4O2. The predicted molar refractivity (Wildman–Crippen MR) is 123 cm³/mol. The summed E-state index contributed by atoms with van der Waals surface area (Å²) in [5.74, 6) is 0.169. The van der Waals surface area contributed by atoms with Crippen molar-refractivity contribution in [2.75, 3.05) is 26.7 Å². The lowest BCUT2D eigenvalue weighted by Crippen LogP contribution is -2.53. The van der Waals surface area contributed by atoms with E-state index in [1.165, 1.54) is 6.20 Å². The van der Waals surface area contributed by atoms with Crippen LogP contribution in [0.25, 0.3) is 0 Å². The molecule has 2 atom stereocenters. The molecule has 1 aromatic heterocycles. The summed E-state index contributed by atoms with van der Waals surface area (Å²) in [6.07, 6.45) is 5.73. The number of nitrogens with one attached hydrogen (secondary N) is 2. The summed E-state index contributed by atoms with van der Waals surface area (Å²) < 4.78 is 0. The van der Waals surface area contributed by atoms with E-state index in [2.05, 4.69) is 15.6 Å². The lowest BCUT2D eigenvalue weighted by atomic mass is 9.96. The highest BCUT2D eigenvalue weighted by Crippen LogP contribution is 2.18. The zero-order valence-corrected chi connectivity index (χ0v) is 18.8. The van der Waals surface area contributed by atoms with E-state index in [1.54, 1.807) is 18.3 Å². The minimum Gasteiger partial charge on any atom is -0.341 e. The monoisotopic (exact) mass is 452 g/mol. The molecule has 3 rings (SSSR count). The van der Waals surface area contributed by atoms with Crippen molar-refractivity contribution >= 4 is 36.6 Å². The molecule has 30 heavy (non-hydrogen) atoms. The number of amides is 2. The molecule has 8 heteroatoms. The van der Waals surface area contributed by atoms with E-state index in [4.69, 9.17) is 0 Å². The third-order valence-corrected chi connectivity index (χ3v) is 5.13. The van der Waals surface area contributed by atoms with Gasteiger partial charge in [-0.2, -0.15) is 0 Å². The summed E-state index contributed by atoms with van der Waals surface area (Å²) in [6, 6.07) is 12.6. The molecule has 164 valence electrons. The van der Waals surface area contributed by atoms with Crippen molar-refractivity contribution < 1.29 is 9.59 Å². The van der Waals surface area contributed by atoms with Gasteiger partial charge in [-0.15, -0.1) is 24.8 Å². The first-order valence-corrected chi connectivity index (χ1v) is 9.85. The van der Waals surface area contributed by atoms with Crippen LogP contribution in [0.15, 0.2) is 54.9 Å². The summed E-state index contributed by atoms with van der Waals surface area (Å²) in [6.45, 7) is 2.37. The van der Waals surface area contributed by atoms with Crippen LogP contribution in [-0.2, 0) is 11.2 Å². The quantitative estimate of drug-likeness (QED) is 0.676. The fourth-order valence-corrected chi connectivity index (χ4v) is 3.73. The lowest BCUT2D eigenvalue weighted by Gasteiger charge is -2.35. The summed E-state index contributed by atoms with van der Waals surface area (Å²) in [4.78, 5) is 31.9. The SMILES string of the molecule is CNCC1CCCN(C(=O)C(Cc2ccccc2)NC(=O)c2cccnc2)C1.Cl.Cl. The van der Waals surface area contributed by atoms with Gasteiger partial charge in [-0.05, 0) is 50.0 Å². The maximum absolute atomic E-state index is 13.3. The standard InChI is InChI=1S/C22H28N4O2.2ClH/c1-23-14-18-9-6-12-26(16-18)22(28)20(13-17-7-3-2-4-8-17)25-21(27)19-10-5-11-24-15-19;;/h2-5,7-8,10-11,15,18,20,23H,6,9,12-14,16H2,1H3,(H,25,27);2*1H. The van der Waals surface area contributed by atoms with Gasteiger partial charge in [0, 0.05) is 31.9 Å². The zero-order chi connectivity index (χ0) is 19.8. The van der Waals surface area contributed by atoms with Gasteiger partial charge >= 0.3 is 0 Å². The summed E-state index contributed by atoms with van der Waals surface area (Å²) >= 11 is 0. The Morgan fingerprint density at radius 3 is 2.60 bits per heavy atom. The number of rotatable bonds is 7. The molecule has 0 radical (unpaired) electrons. The topological polar surface area (TPSA) is 74.3 Å². The largest absolute Gasteiger partial charge is 0.341 e. The number of hydrogen-bond donors (Lipinski definition) is 2. The molecule has 1 aliphatic rings. The number of likely N-dealkylation sites (tertiary alicyclic amines) is 1. The van der Waals surface area contributed by atoms with Crippen molar-refractivity contribution in [3.8, 4) is 0 Å². The second-order valence-corrected chi connectivity index (χ2v) is 7.31. The molecule has 2 aromatic rings. The first kappa shape index (κ1) is 25.9. The van der Waals surface area contributed by atoms with Crippen LogP contribution in [0.5, 0.6) is 0 Å². The van der Waals surface area contributed by atoms with Gasteiger partial charge in [0.2, 0.25) is 5.91 Å². The van der Waals surface area contributed by atoms with Crippen molar-refractivity contribution in [3.63, 3.8) is 0 Å². The first-order chi connectivity index (χ1) is 13.7. The Morgan fingerprint density at radius 1 is 1.17 bits per heavy atom. The zero-order valence-electron chi connectivity index (χ0n) is 17.1. The molecular weight excluding hydrogens is 423 g/mol. The second-order valence-electron chi connectivity index (χ2n) is 7.31. The summed E-state index contributed by atoms with van der Waals surface area (Å²) in [7, 11) is 1.94. The Morgan fingerprint density at radius 2 is 1.93 bits per heavy atom. The summed E-state index contributed by atoms with van der Waals surface area (Å²) in [5.41, 5.74) is 1.48. The maximum Gasteiger partial charge on any atom is 0.253 e. The van der Waals surface area contributed by atoms with E-state index >= 15 is 0 Å². The third kappa shape index (κ3) is 7.27. The van der Waals surface area contributed by atoms with Crippen LogP contribution in [0.1, 0.15) is 28.8 Å². The van der Waals surface area contributed by atoms with Crippen LogP contribution < -0.4 is 10.6 Å². The molecule has 1 fully saturated rings. The molecule has 2 N–H and O–H groups in total. The Kier molecular flexibility index (Phi) is 11.4. The fourth-order valence-electron chi connectivity index (χ4n) is 3.73. The van der Waals surface area contributed by atoms with E-state index < -0.39 is 6.04 Å². The number of benzene rings is 1. The van der Waals surface area contributed by atoms with Crippen molar-refractivity contribution in [3.05, 3.63) is 66.0 Å². The molecule has 1 saturated heterocycles. The highest BCUT2D eigenvalue weighted by molar-refractivity contribution is 5.97. The van der Waals surface area contributed by atoms with Crippen LogP contribution in [0.3, 0.4) is 0 Å². The number of aromatic nitrogens is 1. The predicted octanol–water partition coefficient (Wildman–Crippen LogP) is 2.72. The maximum atomic E-state index is 13.3. The molecule has 0 aliphatic carbocycles. The number of nitrogens with zero attached hydrogens (tertiary/aromatic N) is 2. The fraction of sp³-hybridized carbons (Fsp3) is 0.409. The Hall–Kier alpha value is -2.15. The van der Waals surface area contributed by atoms with E-state index in [-0.39, 0.29) is 36.6 Å². The highest BCUT2D eigenvalue weighted by atomic mass is 35.5. The van der Waals surface area contributed by atoms with E-state index in [1.807, 2.05) is 42.3 Å². The smallest absolute Gasteiger partial charge is 0.253 e. The molecule has 2 heterocycles. The van der Waals surface area contributed by atoms with E-state index in [0.29, 0.717) is 17.9 Å². The normalized spacial score (nSPS) is 16.6. The number of hydrogen-bond acceptors (Lipinski definition) is 4. The van der Waals surface area contributed by atoms with E-state index in [0.717, 1.165) is 38.0 Å². The summed E-state index contributed by atoms with van der Waals surface area (Å²) in [5, 5.41) is 6.14. The van der Waals surface area contributed by atoms with E-state index in [9.17, 15) is 9.59 Å². The minimum absolute atomic E-state index is 0. The number of piperidine rings is 1. The third-order valence-electron chi connectivity index (χ3n) is 5.13. The van der Waals surface area contributed by atoms with Crippen LogP contribution in [-0.4, -0.2) is 54.4 Å². The molecule has 1 aliphatic heterocycles. The van der Waals surface area contributed by atoms with Gasteiger partial charge < -0.3 is 15.5 Å². The van der Waals surface area contributed by atoms with Gasteiger partial charge in [0.1, 0.15) is 6.04 Å². The Bertz CT molecular complexity index is 775.